The normalized spacial score (nSPS) is 15.4. The van der Waals surface area contributed by atoms with Crippen LogP contribution in [0.15, 0.2) is 0 Å². The highest BCUT2D eigenvalue weighted by atomic mass is 16.5. The van der Waals surface area contributed by atoms with Crippen LogP contribution in [0.4, 0.5) is 0 Å². The van der Waals surface area contributed by atoms with Crippen molar-refractivity contribution in [1.29, 1.82) is 5.26 Å². The molecule has 1 atom stereocenters. The predicted octanol–water partition coefficient (Wildman–Crippen LogP) is 1.55. The highest BCUT2D eigenvalue weighted by molar-refractivity contribution is 5.03. The van der Waals surface area contributed by atoms with Crippen molar-refractivity contribution in [3.05, 3.63) is 0 Å². The molecular formula is C10H20N2O. The molecule has 0 aliphatic carbocycles. The first-order chi connectivity index (χ1) is 6.04. The number of nitrogens with one attached hydrogen (secondary N) is 1. The van der Waals surface area contributed by atoms with Crippen LogP contribution in [0.1, 0.15) is 27.2 Å². The van der Waals surface area contributed by atoms with Gasteiger partial charge in [-0.05, 0) is 19.3 Å². The Morgan fingerprint density at radius 2 is 2.15 bits per heavy atom. The second kappa shape index (κ2) is 5.95. The Kier molecular flexibility index (Phi) is 5.68. The Labute approximate surface area is 81.1 Å². The van der Waals surface area contributed by atoms with E-state index in [1.807, 2.05) is 6.92 Å². The van der Waals surface area contributed by atoms with E-state index in [4.69, 9.17) is 10.00 Å². The molecule has 0 bridgehead atoms. The Bertz CT molecular complexity index is 174. The Hall–Kier alpha value is -0.590. The molecule has 0 aliphatic rings. The van der Waals surface area contributed by atoms with Gasteiger partial charge < -0.3 is 4.74 Å². The second-order valence-corrected chi connectivity index (χ2v) is 3.96. The van der Waals surface area contributed by atoms with Crippen LogP contribution in [0.25, 0.3) is 0 Å². The third kappa shape index (κ3) is 5.62. The summed E-state index contributed by atoms with van der Waals surface area (Å²) in [5.41, 5.74) is -0.410. The van der Waals surface area contributed by atoms with Crippen LogP contribution in [-0.4, -0.2) is 25.8 Å². The molecule has 0 aromatic rings. The fourth-order valence-corrected chi connectivity index (χ4v) is 1.40. The number of rotatable bonds is 6. The molecule has 0 aromatic heterocycles. The van der Waals surface area contributed by atoms with Crippen LogP contribution in [-0.2, 0) is 4.74 Å². The molecule has 0 aliphatic heterocycles. The minimum absolute atomic E-state index is 0.410. The van der Waals surface area contributed by atoms with Crippen molar-refractivity contribution in [2.24, 2.45) is 5.92 Å². The van der Waals surface area contributed by atoms with E-state index < -0.39 is 5.54 Å². The lowest BCUT2D eigenvalue weighted by molar-refractivity contribution is 0.189. The number of methoxy groups -OCH3 is 1. The van der Waals surface area contributed by atoms with Gasteiger partial charge in [0.05, 0.1) is 12.7 Å². The van der Waals surface area contributed by atoms with Crippen molar-refractivity contribution in [2.75, 3.05) is 20.3 Å². The van der Waals surface area contributed by atoms with E-state index >= 15 is 0 Å². The monoisotopic (exact) mass is 184 g/mol. The van der Waals surface area contributed by atoms with Gasteiger partial charge in [0.15, 0.2) is 0 Å². The number of hydrogen-bond donors (Lipinski definition) is 1. The molecule has 1 N–H and O–H groups in total. The Morgan fingerprint density at radius 1 is 1.54 bits per heavy atom. The van der Waals surface area contributed by atoms with Crippen LogP contribution in [0.2, 0.25) is 0 Å². The average Bonchev–Trinajstić information content (AvgIpc) is 2.04. The minimum atomic E-state index is -0.410. The zero-order valence-corrected chi connectivity index (χ0v) is 9.05. The van der Waals surface area contributed by atoms with Crippen molar-refractivity contribution < 1.29 is 4.74 Å². The molecule has 0 saturated heterocycles. The molecule has 3 nitrogen and oxygen atoms in total. The van der Waals surface area contributed by atoms with Crippen molar-refractivity contribution in [1.82, 2.24) is 5.32 Å². The van der Waals surface area contributed by atoms with Gasteiger partial charge in [-0.2, -0.15) is 5.26 Å². The van der Waals surface area contributed by atoms with Crippen molar-refractivity contribution in [3.8, 4) is 6.07 Å². The lowest BCUT2D eigenvalue weighted by Gasteiger charge is -2.24. The van der Waals surface area contributed by atoms with Crippen LogP contribution < -0.4 is 5.32 Å². The number of hydrogen-bond acceptors (Lipinski definition) is 3. The summed E-state index contributed by atoms with van der Waals surface area (Å²) in [6.07, 6.45) is 0.868. The number of ether oxygens (including phenoxy) is 1. The summed E-state index contributed by atoms with van der Waals surface area (Å²) in [4.78, 5) is 0. The molecular weight excluding hydrogens is 164 g/mol. The van der Waals surface area contributed by atoms with Crippen molar-refractivity contribution in [2.45, 2.75) is 32.7 Å². The summed E-state index contributed by atoms with van der Waals surface area (Å²) in [5.74, 6) is 0.527. The van der Waals surface area contributed by atoms with E-state index in [1.165, 1.54) is 0 Å². The van der Waals surface area contributed by atoms with Crippen LogP contribution in [0, 0.1) is 17.2 Å². The number of nitrogens with zero attached hydrogens (tertiary/aromatic N) is 1. The fraction of sp³-hybridized carbons (Fsp3) is 0.900. The van der Waals surface area contributed by atoms with E-state index in [1.54, 1.807) is 7.11 Å². The third-order valence-corrected chi connectivity index (χ3v) is 1.88. The predicted molar refractivity (Wildman–Crippen MR) is 53.4 cm³/mol. The molecule has 0 saturated carbocycles. The summed E-state index contributed by atoms with van der Waals surface area (Å²) < 4.78 is 4.91. The quantitative estimate of drug-likeness (QED) is 0.637. The summed E-state index contributed by atoms with van der Waals surface area (Å²) in [7, 11) is 1.66. The second-order valence-electron chi connectivity index (χ2n) is 3.96. The fourth-order valence-electron chi connectivity index (χ4n) is 1.40. The van der Waals surface area contributed by atoms with Gasteiger partial charge in [0.25, 0.3) is 0 Å². The highest BCUT2D eigenvalue weighted by Crippen LogP contribution is 2.14. The topological polar surface area (TPSA) is 45.0 Å². The summed E-state index contributed by atoms with van der Waals surface area (Å²) >= 11 is 0. The van der Waals surface area contributed by atoms with E-state index in [9.17, 15) is 0 Å². The molecule has 3 heteroatoms. The van der Waals surface area contributed by atoms with Gasteiger partial charge >= 0.3 is 0 Å². The molecule has 76 valence electrons. The Morgan fingerprint density at radius 3 is 2.54 bits per heavy atom. The van der Waals surface area contributed by atoms with E-state index in [2.05, 4.69) is 25.2 Å². The molecule has 0 amide bonds. The Balaban J connectivity index is 3.91. The van der Waals surface area contributed by atoms with Crippen LogP contribution >= 0.6 is 0 Å². The summed E-state index contributed by atoms with van der Waals surface area (Å²) in [5, 5.41) is 12.2. The first-order valence-corrected chi connectivity index (χ1v) is 4.69. The molecule has 0 radical (unpaired) electrons. The molecule has 0 heterocycles. The lowest BCUT2D eigenvalue weighted by Crippen LogP contribution is -2.43. The van der Waals surface area contributed by atoms with Crippen molar-refractivity contribution in [3.63, 3.8) is 0 Å². The van der Waals surface area contributed by atoms with Crippen molar-refractivity contribution >= 4 is 0 Å². The van der Waals surface area contributed by atoms with E-state index in [0.29, 0.717) is 12.5 Å². The maximum atomic E-state index is 8.98. The van der Waals surface area contributed by atoms with Gasteiger partial charge in [-0.1, -0.05) is 13.8 Å². The van der Waals surface area contributed by atoms with Gasteiger partial charge in [-0.15, -0.1) is 0 Å². The standard InChI is InChI=1S/C10H20N2O/c1-9(2)7-10(3,8-11)12-5-6-13-4/h9,12H,5-7H2,1-4H3. The van der Waals surface area contributed by atoms with Crippen LogP contribution in [0.3, 0.4) is 0 Å². The third-order valence-electron chi connectivity index (χ3n) is 1.88. The molecule has 0 fully saturated rings. The molecule has 0 rings (SSSR count). The smallest absolute Gasteiger partial charge is 0.104 e. The summed E-state index contributed by atoms with van der Waals surface area (Å²) in [6.45, 7) is 7.55. The molecule has 0 spiro atoms. The zero-order chi connectivity index (χ0) is 10.3. The minimum Gasteiger partial charge on any atom is -0.383 e. The van der Waals surface area contributed by atoms with Crippen LogP contribution in [0.5, 0.6) is 0 Å². The SMILES string of the molecule is COCCNC(C)(C#N)CC(C)C. The maximum absolute atomic E-state index is 8.98. The highest BCUT2D eigenvalue weighted by Gasteiger charge is 2.23. The molecule has 1 unspecified atom stereocenters. The molecule has 13 heavy (non-hydrogen) atoms. The van der Waals surface area contributed by atoms with E-state index in [0.717, 1.165) is 13.0 Å². The summed E-state index contributed by atoms with van der Waals surface area (Å²) in [6, 6.07) is 2.30. The maximum Gasteiger partial charge on any atom is 0.104 e. The largest absolute Gasteiger partial charge is 0.383 e. The van der Waals surface area contributed by atoms with Gasteiger partial charge in [-0.3, -0.25) is 5.32 Å². The van der Waals surface area contributed by atoms with Gasteiger partial charge in [0.2, 0.25) is 0 Å². The number of nitriles is 1. The first kappa shape index (κ1) is 12.4. The lowest BCUT2D eigenvalue weighted by atomic mass is 9.92. The first-order valence-electron chi connectivity index (χ1n) is 4.69. The van der Waals surface area contributed by atoms with Gasteiger partial charge in [-0.25, -0.2) is 0 Å². The molecule has 0 aromatic carbocycles. The van der Waals surface area contributed by atoms with Gasteiger partial charge in [0, 0.05) is 13.7 Å². The zero-order valence-electron chi connectivity index (χ0n) is 9.05. The van der Waals surface area contributed by atoms with E-state index in [-0.39, 0.29) is 0 Å². The average molecular weight is 184 g/mol. The van der Waals surface area contributed by atoms with Gasteiger partial charge in [0.1, 0.15) is 5.54 Å².